The second-order valence-corrected chi connectivity index (χ2v) is 5.54. The molecule has 0 saturated heterocycles. The lowest BCUT2D eigenvalue weighted by atomic mass is 10.1. The van der Waals surface area contributed by atoms with Gasteiger partial charge in [0.25, 0.3) is 0 Å². The molecule has 1 aromatic carbocycles. The summed E-state index contributed by atoms with van der Waals surface area (Å²) in [6.07, 6.45) is 1.90. The molecule has 1 aromatic rings. The van der Waals surface area contributed by atoms with E-state index < -0.39 is 0 Å². The van der Waals surface area contributed by atoms with Crippen molar-refractivity contribution in [2.24, 2.45) is 0 Å². The van der Waals surface area contributed by atoms with Crippen molar-refractivity contribution in [1.82, 2.24) is 0 Å². The lowest BCUT2D eigenvalue weighted by molar-refractivity contribution is 0.0185. The first-order valence-electron chi connectivity index (χ1n) is 6.70. The Morgan fingerprint density at radius 3 is 2.63 bits per heavy atom. The quantitative estimate of drug-likeness (QED) is 0.770. The summed E-state index contributed by atoms with van der Waals surface area (Å²) in [5.41, 5.74) is 0.891. The van der Waals surface area contributed by atoms with E-state index in [2.05, 4.69) is 26.1 Å². The molecule has 108 valence electrons. The fraction of sp³-hybridized carbons (Fsp3) is 0.600. The van der Waals surface area contributed by atoms with Crippen LogP contribution in [-0.4, -0.2) is 25.9 Å². The molecule has 0 aliphatic rings. The van der Waals surface area contributed by atoms with Crippen molar-refractivity contribution in [3.63, 3.8) is 0 Å². The van der Waals surface area contributed by atoms with Gasteiger partial charge in [-0.15, -0.1) is 0 Å². The summed E-state index contributed by atoms with van der Waals surface area (Å²) in [4.78, 5) is 0. The Morgan fingerprint density at radius 2 is 2.05 bits per heavy atom. The minimum atomic E-state index is -0.110. The molecule has 0 aliphatic carbocycles. The first-order chi connectivity index (χ1) is 8.98. The van der Waals surface area contributed by atoms with E-state index in [-0.39, 0.29) is 5.60 Å². The highest BCUT2D eigenvalue weighted by Crippen LogP contribution is 2.28. The Bertz CT molecular complexity index is 394. The number of halogens is 1. The monoisotopic (exact) mass is 285 g/mol. The van der Waals surface area contributed by atoms with Crippen molar-refractivity contribution < 1.29 is 9.47 Å². The van der Waals surface area contributed by atoms with Gasteiger partial charge < -0.3 is 14.8 Å². The van der Waals surface area contributed by atoms with Crippen LogP contribution in [0, 0.1) is 0 Å². The third kappa shape index (κ3) is 5.70. The summed E-state index contributed by atoms with van der Waals surface area (Å²) in [6.45, 7) is 7.74. The summed E-state index contributed by atoms with van der Waals surface area (Å²) in [7, 11) is 1.73. The summed E-state index contributed by atoms with van der Waals surface area (Å²) in [5, 5.41) is 3.98. The Hall–Kier alpha value is -0.930. The van der Waals surface area contributed by atoms with Crippen molar-refractivity contribution in [3.05, 3.63) is 23.2 Å². The summed E-state index contributed by atoms with van der Waals surface area (Å²) in [6, 6.07) is 5.78. The molecular formula is C15H24ClNO2. The van der Waals surface area contributed by atoms with E-state index in [1.165, 1.54) is 0 Å². The predicted octanol–water partition coefficient (Wildman–Crippen LogP) is 4.36. The molecule has 0 unspecified atom stereocenters. The zero-order chi connectivity index (χ0) is 14.3. The smallest absolute Gasteiger partial charge is 0.138 e. The van der Waals surface area contributed by atoms with Crippen LogP contribution in [0.4, 0.5) is 5.69 Å². The zero-order valence-electron chi connectivity index (χ0n) is 12.3. The van der Waals surface area contributed by atoms with E-state index in [9.17, 15) is 0 Å². The first-order valence-corrected chi connectivity index (χ1v) is 7.07. The van der Waals surface area contributed by atoms with Crippen LogP contribution in [0.15, 0.2) is 18.2 Å². The number of methoxy groups -OCH3 is 1. The molecule has 19 heavy (non-hydrogen) atoms. The van der Waals surface area contributed by atoms with Crippen LogP contribution < -0.4 is 10.1 Å². The fourth-order valence-corrected chi connectivity index (χ4v) is 1.78. The topological polar surface area (TPSA) is 30.5 Å². The van der Waals surface area contributed by atoms with Crippen LogP contribution >= 0.6 is 11.6 Å². The molecule has 0 aromatic heterocycles. The molecule has 0 radical (unpaired) electrons. The highest BCUT2D eigenvalue weighted by Gasteiger charge is 2.15. The third-order valence-corrected chi connectivity index (χ3v) is 3.30. The lowest BCUT2D eigenvalue weighted by Crippen LogP contribution is -2.25. The molecule has 1 rings (SSSR count). The highest BCUT2D eigenvalue weighted by molar-refractivity contribution is 6.32. The molecule has 4 heteroatoms. The second kappa shape index (κ2) is 7.61. The molecule has 3 nitrogen and oxygen atoms in total. The van der Waals surface area contributed by atoms with Crippen molar-refractivity contribution in [2.75, 3.05) is 25.6 Å². The van der Waals surface area contributed by atoms with Gasteiger partial charge in [0.2, 0.25) is 0 Å². The minimum Gasteiger partial charge on any atom is -0.492 e. The SMILES string of the molecule is CCCOc1ccc(NCCC(C)(C)OC)cc1Cl. The van der Waals surface area contributed by atoms with Gasteiger partial charge in [-0.2, -0.15) is 0 Å². The summed E-state index contributed by atoms with van der Waals surface area (Å²) < 4.78 is 10.9. The number of hydrogen-bond acceptors (Lipinski definition) is 3. The Kier molecular flexibility index (Phi) is 6.46. The van der Waals surface area contributed by atoms with Gasteiger partial charge in [0.15, 0.2) is 0 Å². The fourth-order valence-electron chi connectivity index (χ4n) is 1.55. The number of rotatable bonds is 8. The third-order valence-electron chi connectivity index (χ3n) is 3.00. The van der Waals surface area contributed by atoms with Gasteiger partial charge in [0.05, 0.1) is 17.2 Å². The van der Waals surface area contributed by atoms with E-state index in [4.69, 9.17) is 21.1 Å². The summed E-state index contributed by atoms with van der Waals surface area (Å²) in [5.74, 6) is 0.742. The van der Waals surface area contributed by atoms with Gasteiger partial charge in [-0.05, 0) is 44.9 Å². The average Bonchev–Trinajstić information content (AvgIpc) is 2.37. The molecule has 0 fully saturated rings. The molecular weight excluding hydrogens is 262 g/mol. The molecule has 0 aliphatic heterocycles. The van der Waals surface area contributed by atoms with Crippen molar-refractivity contribution in [2.45, 2.75) is 39.2 Å². The zero-order valence-corrected chi connectivity index (χ0v) is 13.0. The molecule has 0 bridgehead atoms. The van der Waals surface area contributed by atoms with Crippen LogP contribution in [-0.2, 0) is 4.74 Å². The number of anilines is 1. The van der Waals surface area contributed by atoms with Crippen LogP contribution in [0.25, 0.3) is 0 Å². The largest absolute Gasteiger partial charge is 0.492 e. The Labute approximate surface area is 121 Å². The van der Waals surface area contributed by atoms with Crippen LogP contribution in [0.2, 0.25) is 5.02 Å². The van der Waals surface area contributed by atoms with E-state index in [1.54, 1.807) is 7.11 Å². The second-order valence-electron chi connectivity index (χ2n) is 5.13. The predicted molar refractivity (Wildman–Crippen MR) is 81.4 cm³/mol. The van der Waals surface area contributed by atoms with E-state index in [1.807, 2.05) is 18.2 Å². The molecule has 0 heterocycles. The van der Waals surface area contributed by atoms with Crippen LogP contribution in [0.3, 0.4) is 0 Å². The van der Waals surface area contributed by atoms with E-state index >= 15 is 0 Å². The van der Waals surface area contributed by atoms with Gasteiger partial charge in [-0.25, -0.2) is 0 Å². The van der Waals surface area contributed by atoms with Gasteiger partial charge in [-0.3, -0.25) is 0 Å². The van der Waals surface area contributed by atoms with Crippen LogP contribution in [0.5, 0.6) is 5.75 Å². The van der Waals surface area contributed by atoms with Crippen LogP contribution in [0.1, 0.15) is 33.6 Å². The Morgan fingerprint density at radius 1 is 1.32 bits per heavy atom. The van der Waals surface area contributed by atoms with Gasteiger partial charge in [0.1, 0.15) is 5.75 Å². The molecule has 0 amide bonds. The number of benzene rings is 1. The van der Waals surface area contributed by atoms with Gasteiger partial charge >= 0.3 is 0 Å². The highest BCUT2D eigenvalue weighted by atomic mass is 35.5. The number of hydrogen-bond donors (Lipinski definition) is 1. The van der Waals surface area contributed by atoms with Gasteiger partial charge in [0, 0.05) is 19.3 Å². The normalized spacial score (nSPS) is 11.4. The average molecular weight is 286 g/mol. The van der Waals surface area contributed by atoms with Crippen molar-refractivity contribution in [3.8, 4) is 5.75 Å². The molecule has 0 atom stereocenters. The lowest BCUT2D eigenvalue weighted by Gasteiger charge is -2.23. The maximum Gasteiger partial charge on any atom is 0.138 e. The number of nitrogens with one attached hydrogen (secondary N) is 1. The summed E-state index contributed by atoms with van der Waals surface area (Å²) >= 11 is 6.17. The van der Waals surface area contributed by atoms with Crippen molar-refractivity contribution >= 4 is 17.3 Å². The van der Waals surface area contributed by atoms with E-state index in [0.29, 0.717) is 11.6 Å². The van der Waals surface area contributed by atoms with Gasteiger partial charge in [-0.1, -0.05) is 18.5 Å². The molecule has 0 saturated carbocycles. The number of ether oxygens (including phenoxy) is 2. The standard InChI is InChI=1S/C15H24ClNO2/c1-5-10-19-14-7-6-12(11-13(14)16)17-9-8-15(2,3)18-4/h6-7,11,17H,5,8-10H2,1-4H3. The maximum absolute atomic E-state index is 6.17. The first kappa shape index (κ1) is 16.1. The maximum atomic E-state index is 6.17. The molecule has 1 N–H and O–H groups in total. The Balaban J connectivity index is 2.49. The van der Waals surface area contributed by atoms with E-state index in [0.717, 1.165) is 30.8 Å². The van der Waals surface area contributed by atoms with Crippen molar-refractivity contribution in [1.29, 1.82) is 0 Å². The molecule has 0 spiro atoms. The minimum absolute atomic E-state index is 0.110.